The van der Waals surface area contributed by atoms with E-state index in [1.165, 1.54) is 12.1 Å². The summed E-state index contributed by atoms with van der Waals surface area (Å²) in [5.41, 5.74) is 6.72. The van der Waals surface area contributed by atoms with Crippen molar-refractivity contribution >= 4 is 5.84 Å². The van der Waals surface area contributed by atoms with Gasteiger partial charge >= 0.3 is 0 Å². The average molecular weight is 288 g/mol. The molecule has 110 valence electrons. The molecule has 3 N–H and O–H groups in total. The van der Waals surface area contributed by atoms with Gasteiger partial charge in [0.1, 0.15) is 11.6 Å². The summed E-state index contributed by atoms with van der Waals surface area (Å²) in [5.74, 6) is 0.273. The summed E-state index contributed by atoms with van der Waals surface area (Å²) in [5, 5.41) is 7.25. The molecule has 0 saturated carbocycles. The van der Waals surface area contributed by atoms with E-state index in [-0.39, 0.29) is 11.6 Å². The lowest BCUT2D eigenvalue weighted by Crippen LogP contribution is -2.11. The van der Waals surface area contributed by atoms with E-state index in [0.29, 0.717) is 18.6 Å². The lowest BCUT2D eigenvalue weighted by Gasteiger charge is -2.09. The first-order chi connectivity index (χ1) is 10.1. The Morgan fingerprint density at radius 3 is 2.48 bits per heavy atom. The van der Waals surface area contributed by atoms with E-state index in [0.717, 1.165) is 11.3 Å². The molecule has 0 radical (unpaired) electrons. The second-order valence-electron chi connectivity index (χ2n) is 4.51. The van der Waals surface area contributed by atoms with Gasteiger partial charge in [0.05, 0.1) is 13.7 Å². The van der Waals surface area contributed by atoms with Crippen LogP contribution in [0.15, 0.2) is 42.5 Å². The normalized spacial score (nSPS) is 10.2. The predicted octanol–water partition coefficient (Wildman–Crippen LogP) is 2.74. The number of nitrogens with two attached hydrogens (primary N) is 1. The second-order valence-corrected chi connectivity index (χ2v) is 4.51. The van der Waals surface area contributed by atoms with E-state index < -0.39 is 5.82 Å². The molecule has 0 spiro atoms. The van der Waals surface area contributed by atoms with Crippen LogP contribution in [0.2, 0.25) is 0 Å². The number of ether oxygens (including phenoxy) is 2. The van der Waals surface area contributed by atoms with E-state index in [4.69, 9.17) is 20.6 Å². The number of hydrogen-bond acceptors (Lipinski definition) is 3. The van der Waals surface area contributed by atoms with Crippen molar-refractivity contribution in [1.82, 2.24) is 0 Å². The fourth-order valence-electron chi connectivity index (χ4n) is 1.86. The number of nitrogen functional groups attached to an aromatic ring is 1. The quantitative estimate of drug-likeness (QED) is 0.634. The molecule has 0 saturated heterocycles. The minimum absolute atomic E-state index is 0.161. The summed E-state index contributed by atoms with van der Waals surface area (Å²) < 4.78 is 24.2. The zero-order valence-electron chi connectivity index (χ0n) is 11.7. The Morgan fingerprint density at radius 2 is 1.90 bits per heavy atom. The van der Waals surface area contributed by atoms with Crippen LogP contribution >= 0.6 is 0 Å². The number of hydrogen-bond donors (Lipinski definition) is 2. The summed E-state index contributed by atoms with van der Waals surface area (Å²) >= 11 is 0. The minimum Gasteiger partial charge on any atom is -0.497 e. The molecular formula is C16H17FN2O2. The Hall–Kier alpha value is -2.56. The third kappa shape index (κ3) is 3.95. The lowest BCUT2D eigenvalue weighted by atomic mass is 10.1. The Morgan fingerprint density at radius 1 is 1.19 bits per heavy atom. The van der Waals surface area contributed by atoms with E-state index in [1.54, 1.807) is 13.2 Å². The van der Waals surface area contributed by atoms with Gasteiger partial charge in [0.2, 0.25) is 0 Å². The topological polar surface area (TPSA) is 68.3 Å². The average Bonchev–Trinajstić information content (AvgIpc) is 2.49. The number of nitrogens with one attached hydrogen (secondary N) is 1. The number of rotatable bonds is 6. The third-order valence-electron chi connectivity index (χ3n) is 3.05. The van der Waals surface area contributed by atoms with Crippen LogP contribution in [-0.4, -0.2) is 19.6 Å². The number of halogens is 1. The Labute approximate surface area is 122 Å². The van der Waals surface area contributed by atoms with Crippen LogP contribution in [0.25, 0.3) is 0 Å². The van der Waals surface area contributed by atoms with Crippen molar-refractivity contribution in [3.05, 3.63) is 59.4 Å². The van der Waals surface area contributed by atoms with Gasteiger partial charge in [0, 0.05) is 12.0 Å². The summed E-state index contributed by atoms with van der Waals surface area (Å²) in [4.78, 5) is 0. The van der Waals surface area contributed by atoms with Gasteiger partial charge in [-0.25, -0.2) is 4.39 Å². The highest BCUT2D eigenvalue weighted by Crippen LogP contribution is 2.19. The summed E-state index contributed by atoms with van der Waals surface area (Å²) in [6.07, 6.45) is 0.665. The molecule has 0 bridgehead atoms. The van der Waals surface area contributed by atoms with E-state index in [9.17, 15) is 4.39 Å². The molecule has 5 heteroatoms. The molecular weight excluding hydrogens is 271 g/mol. The van der Waals surface area contributed by atoms with Crippen LogP contribution in [0.3, 0.4) is 0 Å². The highest BCUT2D eigenvalue weighted by molar-refractivity contribution is 5.95. The van der Waals surface area contributed by atoms with Crippen molar-refractivity contribution in [2.24, 2.45) is 5.73 Å². The van der Waals surface area contributed by atoms with Gasteiger partial charge in [0.15, 0.2) is 11.6 Å². The van der Waals surface area contributed by atoms with Gasteiger partial charge < -0.3 is 15.2 Å². The van der Waals surface area contributed by atoms with Crippen molar-refractivity contribution in [2.45, 2.75) is 6.42 Å². The highest BCUT2D eigenvalue weighted by Gasteiger charge is 2.06. The molecule has 4 nitrogen and oxygen atoms in total. The molecule has 0 aliphatic heterocycles. The molecule has 0 aliphatic rings. The highest BCUT2D eigenvalue weighted by atomic mass is 19.1. The van der Waals surface area contributed by atoms with Gasteiger partial charge in [-0.05, 0) is 35.9 Å². The minimum atomic E-state index is -0.516. The van der Waals surface area contributed by atoms with Crippen LogP contribution < -0.4 is 15.2 Å². The van der Waals surface area contributed by atoms with Crippen LogP contribution in [0.1, 0.15) is 11.1 Å². The molecule has 0 heterocycles. The fraction of sp³-hybridized carbons (Fsp3) is 0.188. The first-order valence-corrected chi connectivity index (χ1v) is 6.50. The lowest BCUT2D eigenvalue weighted by molar-refractivity contribution is 0.305. The van der Waals surface area contributed by atoms with E-state index >= 15 is 0 Å². The first-order valence-electron chi connectivity index (χ1n) is 6.50. The van der Waals surface area contributed by atoms with Crippen LogP contribution in [0.5, 0.6) is 11.5 Å². The number of benzene rings is 2. The van der Waals surface area contributed by atoms with Gasteiger partial charge in [-0.3, -0.25) is 5.41 Å². The van der Waals surface area contributed by atoms with Gasteiger partial charge in [-0.1, -0.05) is 12.1 Å². The predicted molar refractivity (Wildman–Crippen MR) is 79.6 cm³/mol. The summed E-state index contributed by atoms with van der Waals surface area (Å²) in [6, 6.07) is 11.9. The van der Waals surface area contributed by atoms with Crippen molar-refractivity contribution < 1.29 is 13.9 Å². The van der Waals surface area contributed by atoms with Crippen LogP contribution in [0.4, 0.5) is 4.39 Å². The SMILES string of the molecule is COc1ccc(CCOc2ccc(C(=N)N)cc2F)cc1. The van der Waals surface area contributed by atoms with E-state index in [2.05, 4.69) is 0 Å². The molecule has 0 fully saturated rings. The van der Waals surface area contributed by atoms with Crippen molar-refractivity contribution in [1.29, 1.82) is 5.41 Å². The van der Waals surface area contributed by atoms with Crippen LogP contribution in [0, 0.1) is 11.2 Å². The van der Waals surface area contributed by atoms with E-state index in [1.807, 2.05) is 24.3 Å². The Balaban J connectivity index is 1.92. The maximum Gasteiger partial charge on any atom is 0.165 e. The monoisotopic (exact) mass is 288 g/mol. The standard InChI is InChI=1S/C16H17FN2O2/c1-20-13-5-2-11(3-6-13)8-9-21-15-7-4-12(16(18)19)10-14(15)17/h2-7,10H,8-9H2,1H3,(H3,18,19). The van der Waals surface area contributed by atoms with Gasteiger partial charge in [0.25, 0.3) is 0 Å². The molecule has 2 aromatic rings. The molecule has 0 aromatic heterocycles. The van der Waals surface area contributed by atoms with Gasteiger partial charge in [-0.2, -0.15) is 0 Å². The van der Waals surface area contributed by atoms with Crippen molar-refractivity contribution in [2.75, 3.05) is 13.7 Å². The first kappa shape index (κ1) is 14.8. The van der Waals surface area contributed by atoms with Crippen molar-refractivity contribution in [3.63, 3.8) is 0 Å². The molecule has 2 aromatic carbocycles. The molecule has 0 unspecified atom stereocenters. The maximum atomic E-state index is 13.7. The van der Waals surface area contributed by atoms with Crippen LogP contribution in [-0.2, 0) is 6.42 Å². The molecule has 2 rings (SSSR count). The molecule has 0 amide bonds. The Kier molecular flexibility index (Phi) is 4.77. The second kappa shape index (κ2) is 6.74. The molecule has 21 heavy (non-hydrogen) atoms. The summed E-state index contributed by atoms with van der Waals surface area (Å²) in [6.45, 7) is 0.364. The number of amidine groups is 1. The third-order valence-corrected chi connectivity index (χ3v) is 3.05. The maximum absolute atomic E-state index is 13.7. The Bertz CT molecular complexity index is 627. The summed E-state index contributed by atoms with van der Waals surface area (Å²) in [7, 11) is 1.62. The fourth-order valence-corrected chi connectivity index (χ4v) is 1.86. The van der Waals surface area contributed by atoms with Gasteiger partial charge in [-0.15, -0.1) is 0 Å². The largest absolute Gasteiger partial charge is 0.497 e. The number of methoxy groups -OCH3 is 1. The zero-order valence-corrected chi connectivity index (χ0v) is 11.7. The smallest absolute Gasteiger partial charge is 0.165 e. The van der Waals surface area contributed by atoms with Crippen molar-refractivity contribution in [3.8, 4) is 11.5 Å². The zero-order chi connectivity index (χ0) is 15.2. The molecule has 0 atom stereocenters. The molecule has 0 aliphatic carbocycles.